The second kappa shape index (κ2) is 9.57. The molecule has 0 N–H and O–H groups in total. The topological polar surface area (TPSA) is 53.0 Å². The van der Waals surface area contributed by atoms with Gasteiger partial charge in [0.2, 0.25) is 10.0 Å². The van der Waals surface area contributed by atoms with Crippen LogP contribution >= 0.6 is 11.6 Å². The average Bonchev–Trinajstić information content (AvgIpc) is 2.89. The SMILES string of the molecule is Cc1ccc(S(=O)(=O)N2CCN(c3ccc4c(c3)C(C3(c5ccc(Cl)cc5)CCC3)=NCC4)CC2)cc1. The Hall–Kier alpha value is -2.67. The summed E-state index contributed by atoms with van der Waals surface area (Å²) in [4.78, 5) is 7.79. The molecule has 192 valence electrons. The van der Waals surface area contributed by atoms with Crippen molar-refractivity contribution in [3.8, 4) is 0 Å². The first-order valence-corrected chi connectivity index (χ1v) is 14.9. The van der Waals surface area contributed by atoms with Crippen LogP contribution in [0.3, 0.4) is 0 Å². The largest absolute Gasteiger partial charge is 0.369 e. The van der Waals surface area contributed by atoms with E-state index in [0.29, 0.717) is 31.1 Å². The smallest absolute Gasteiger partial charge is 0.243 e. The van der Waals surface area contributed by atoms with Gasteiger partial charge in [0.05, 0.1) is 10.6 Å². The first-order valence-electron chi connectivity index (χ1n) is 13.1. The molecule has 2 aliphatic heterocycles. The number of piperazine rings is 1. The van der Waals surface area contributed by atoms with Crippen LogP contribution in [0.2, 0.25) is 5.02 Å². The van der Waals surface area contributed by atoms with E-state index in [4.69, 9.17) is 16.6 Å². The van der Waals surface area contributed by atoms with Crippen molar-refractivity contribution in [2.75, 3.05) is 37.6 Å². The first kappa shape index (κ1) is 24.7. The van der Waals surface area contributed by atoms with Crippen LogP contribution in [0.15, 0.2) is 76.6 Å². The molecule has 7 heteroatoms. The number of nitrogens with zero attached hydrogens (tertiary/aromatic N) is 3. The van der Waals surface area contributed by atoms with Crippen molar-refractivity contribution >= 4 is 33.0 Å². The van der Waals surface area contributed by atoms with E-state index in [9.17, 15) is 8.42 Å². The van der Waals surface area contributed by atoms with Crippen LogP contribution in [0, 0.1) is 6.92 Å². The Bertz CT molecular complexity index is 1440. The van der Waals surface area contributed by atoms with Crippen LogP contribution in [-0.4, -0.2) is 51.2 Å². The number of anilines is 1. The Balaban J connectivity index is 1.24. The lowest BCUT2D eigenvalue weighted by atomic mass is 9.59. The van der Waals surface area contributed by atoms with Gasteiger partial charge in [-0.15, -0.1) is 0 Å². The number of fused-ring (bicyclic) bond motifs is 1. The number of rotatable bonds is 5. The highest BCUT2D eigenvalue weighted by molar-refractivity contribution is 7.89. The fourth-order valence-corrected chi connectivity index (χ4v) is 7.54. The van der Waals surface area contributed by atoms with Gasteiger partial charge in [0.1, 0.15) is 0 Å². The van der Waals surface area contributed by atoms with Gasteiger partial charge in [-0.05, 0) is 73.7 Å². The quantitative estimate of drug-likeness (QED) is 0.427. The second-order valence-electron chi connectivity index (χ2n) is 10.5. The summed E-state index contributed by atoms with van der Waals surface area (Å²) in [7, 11) is -3.48. The van der Waals surface area contributed by atoms with Gasteiger partial charge in [-0.3, -0.25) is 4.99 Å². The molecule has 0 radical (unpaired) electrons. The van der Waals surface area contributed by atoms with Crippen LogP contribution in [0.4, 0.5) is 5.69 Å². The second-order valence-corrected chi connectivity index (χ2v) is 12.8. The Morgan fingerprint density at radius 2 is 1.59 bits per heavy atom. The van der Waals surface area contributed by atoms with Crippen molar-refractivity contribution in [1.29, 1.82) is 0 Å². The standard InChI is InChI=1S/C30H32ClN3O2S/c1-22-3-11-27(12-4-22)37(35,36)34-19-17-33(18-20-34)26-10-5-23-13-16-32-29(28(23)21-26)30(14-2-15-30)24-6-8-25(31)9-7-24/h3-12,21H,2,13-20H2,1H3. The lowest BCUT2D eigenvalue weighted by Gasteiger charge is -2.45. The summed E-state index contributed by atoms with van der Waals surface area (Å²) in [6, 6.07) is 22.2. The maximum atomic E-state index is 13.2. The molecule has 2 heterocycles. The molecule has 1 saturated carbocycles. The first-order chi connectivity index (χ1) is 17.9. The maximum absolute atomic E-state index is 13.2. The Labute approximate surface area is 224 Å². The maximum Gasteiger partial charge on any atom is 0.243 e. The molecule has 5 nitrogen and oxygen atoms in total. The van der Waals surface area contributed by atoms with Gasteiger partial charge < -0.3 is 4.90 Å². The summed E-state index contributed by atoms with van der Waals surface area (Å²) in [5.41, 5.74) is 7.28. The molecule has 0 atom stereocenters. The zero-order valence-corrected chi connectivity index (χ0v) is 22.7. The number of aryl methyl sites for hydroxylation is 1. The summed E-state index contributed by atoms with van der Waals surface area (Å²) in [6.07, 6.45) is 4.37. The van der Waals surface area contributed by atoms with E-state index in [1.807, 2.05) is 31.2 Å². The molecule has 3 aromatic rings. The lowest BCUT2D eigenvalue weighted by molar-refractivity contribution is 0.339. The molecule has 3 aliphatic rings. The minimum atomic E-state index is -3.48. The van der Waals surface area contributed by atoms with Gasteiger partial charge in [0.25, 0.3) is 0 Å². The van der Waals surface area contributed by atoms with Crippen molar-refractivity contribution in [1.82, 2.24) is 4.31 Å². The Morgan fingerprint density at radius 1 is 0.892 bits per heavy atom. The molecule has 0 unspecified atom stereocenters. The van der Waals surface area contributed by atoms with Crippen molar-refractivity contribution in [3.05, 3.63) is 94.0 Å². The minimum absolute atomic E-state index is 0.0425. The highest BCUT2D eigenvalue weighted by Crippen LogP contribution is 2.48. The number of sulfonamides is 1. The van der Waals surface area contributed by atoms with Crippen LogP contribution in [0.1, 0.15) is 41.5 Å². The monoisotopic (exact) mass is 533 g/mol. The number of hydrogen-bond donors (Lipinski definition) is 0. The normalized spacial score (nSPS) is 19.6. The predicted octanol–water partition coefficient (Wildman–Crippen LogP) is 5.63. The van der Waals surface area contributed by atoms with E-state index < -0.39 is 10.0 Å². The molecular weight excluding hydrogens is 502 g/mol. The fourth-order valence-electron chi connectivity index (χ4n) is 5.99. The summed E-state index contributed by atoms with van der Waals surface area (Å²) in [5.74, 6) is 0. The average molecular weight is 534 g/mol. The predicted molar refractivity (Wildman–Crippen MR) is 151 cm³/mol. The molecule has 0 spiro atoms. The number of aliphatic imine (C=N–C) groups is 1. The Morgan fingerprint density at radius 3 is 2.24 bits per heavy atom. The summed E-state index contributed by atoms with van der Waals surface area (Å²) >= 11 is 6.20. The molecule has 2 fully saturated rings. The van der Waals surface area contributed by atoms with Gasteiger partial charge >= 0.3 is 0 Å². The molecule has 0 amide bonds. The highest BCUT2D eigenvalue weighted by atomic mass is 35.5. The van der Waals surface area contributed by atoms with Gasteiger partial charge in [0, 0.05) is 54.4 Å². The van der Waals surface area contributed by atoms with Gasteiger partial charge in [0.15, 0.2) is 0 Å². The fraction of sp³-hybridized carbons (Fsp3) is 0.367. The molecule has 37 heavy (non-hydrogen) atoms. The number of hydrogen-bond acceptors (Lipinski definition) is 4. The van der Waals surface area contributed by atoms with E-state index in [0.717, 1.165) is 42.1 Å². The lowest BCUT2D eigenvalue weighted by Crippen LogP contribution is -2.49. The van der Waals surface area contributed by atoms with Crippen molar-refractivity contribution in [2.45, 2.75) is 42.9 Å². The molecule has 1 saturated heterocycles. The summed E-state index contributed by atoms with van der Waals surface area (Å²) in [6.45, 7) is 5.07. The third kappa shape index (κ3) is 4.39. The van der Waals surface area contributed by atoms with Crippen molar-refractivity contribution in [3.63, 3.8) is 0 Å². The number of benzene rings is 3. The zero-order chi connectivity index (χ0) is 25.6. The third-order valence-corrected chi connectivity index (χ3v) is 10.5. The van der Waals surface area contributed by atoms with Crippen molar-refractivity contribution in [2.24, 2.45) is 4.99 Å². The van der Waals surface area contributed by atoms with Gasteiger partial charge in [-0.1, -0.05) is 53.9 Å². The third-order valence-electron chi connectivity index (χ3n) is 8.32. The van der Waals surface area contributed by atoms with Gasteiger partial charge in [-0.25, -0.2) is 8.42 Å². The minimum Gasteiger partial charge on any atom is -0.369 e. The van der Waals surface area contributed by atoms with Crippen LogP contribution in [-0.2, 0) is 21.9 Å². The summed E-state index contributed by atoms with van der Waals surface area (Å²) in [5, 5.41) is 0.759. The van der Waals surface area contributed by atoms with Crippen LogP contribution in [0.5, 0.6) is 0 Å². The van der Waals surface area contributed by atoms with E-state index >= 15 is 0 Å². The van der Waals surface area contributed by atoms with E-state index in [1.165, 1.54) is 28.8 Å². The molecular formula is C30H32ClN3O2S. The van der Waals surface area contributed by atoms with E-state index in [-0.39, 0.29) is 5.41 Å². The molecule has 6 rings (SSSR count). The van der Waals surface area contributed by atoms with Gasteiger partial charge in [-0.2, -0.15) is 4.31 Å². The molecule has 0 aromatic heterocycles. The molecule has 3 aromatic carbocycles. The zero-order valence-electron chi connectivity index (χ0n) is 21.2. The highest BCUT2D eigenvalue weighted by Gasteiger charge is 2.45. The molecule has 1 aliphatic carbocycles. The number of halogens is 1. The summed E-state index contributed by atoms with van der Waals surface area (Å²) < 4.78 is 27.9. The Kier molecular flexibility index (Phi) is 6.38. The van der Waals surface area contributed by atoms with E-state index in [1.54, 1.807) is 16.4 Å². The van der Waals surface area contributed by atoms with E-state index in [2.05, 4.69) is 35.2 Å². The van der Waals surface area contributed by atoms with Crippen LogP contribution in [0.25, 0.3) is 0 Å². The molecule has 0 bridgehead atoms. The van der Waals surface area contributed by atoms with Crippen LogP contribution < -0.4 is 4.90 Å². The van der Waals surface area contributed by atoms with Crippen molar-refractivity contribution < 1.29 is 8.42 Å².